The smallest absolute Gasteiger partial charge is 0.281 e. The Hall–Kier alpha value is -3.19. The molecule has 0 saturated carbocycles. The molecule has 0 atom stereocenters. The van der Waals surface area contributed by atoms with Crippen molar-refractivity contribution in [2.75, 3.05) is 12.0 Å². The molecule has 0 unspecified atom stereocenters. The number of amides is 1. The van der Waals surface area contributed by atoms with Crippen LogP contribution in [0.2, 0.25) is 5.02 Å². The predicted molar refractivity (Wildman–Crippen MR) is 102 cm³/mol. The molecular formula is C19H16ClN5O2. The van der Waals surface area contributed by atoms with Crippen molar-refractivity contribution in [2.45, 2.75) is 13.1 Å². The van der Waals surface area contributed by atoms with E-state index in [0.717, 1.165) is 11.3 Å². The van der Waals surface area contributed by atoms with Crippen LogP contribution < -0.4 is 4.90 Å². The zero-order valence-corrected chi connectivity index (χ0v) is 15.3. The van der Waals surface area contributed by atoms with Gasteiger partial charge in [0.2, 0.25) is 0 Å². The summed E-state index contributed by atoms with van der Waals surface area (Å²) in [6.07, 6.45) is 1.83. The van der Waals surface area contributed by atoms with E-state index in [1.807, 2.05) is 36.5 Å². The van der Waals surface area contributed by atoms with Crippen molar-refractivity contribution in [3.63, 3.8) is 0 Å². The number of anilines is 1. The number of aromatic nitrogens is 3. The van der Waals surface area contributed by atoms with Crippen LogP contribution in [0.1, 0.15) is 16.8 Å². The first-order valence-corrected chi connectivity index (χ1v) is 8.69. The number of halogens is 1. The number of carbonyl (C=O) groups is 1. The maximum Gasteiger partial charge on any atom is 0.281 e. The maximum absolute atomic E-state index is 12.8. The minimum atomic E-state index is -0.258. The number of fused-ring (bicyclic) bond motifs is 1. The molecule has 0 aliphatic carbocycles. The van der Waals surface area contributed by atoms with Crippen LogP contribution in [0.3, 0.4) is 0 Å². The van der Waals surface area contributed by atoms with Crippen molar-refractivity contribution < 1.29 is 9.63 Å². The van der Waals surface area contributed by atoms with Crippen LogP contribution in [0.25, 0.3) is 0 Å². The highest BCUT2D eigenvalue weighted by Gasteiger charge is 2.35. The predicted octanol–water partition coefficient (Wildman–Crippen LogP) is 2.88. The summed E-state index contributed by atoms with van der Waals surface area (Å²) in [7, 11) is 1.41. The van der Waals surface area contributed by atoms with Crippen LogP contribution in [-0.4, -0.2) is 33.7 Å². The zero-order chi connectivity index (χ0) is 18.8. The first-order valence-electron chi connectivity index (χ1n) is 8.31. The molecule has 0 bridgehead atoms. The summed E-state index contributed by atoms with van der Waals surface area (Å²) in [6.45, 7) is 0.898. The second kappa shape index (κ2) is 7.20. The lowest BCUT2D eigenvalue weighted by Crippen LogP contribution is -2.29. The van der Waals surface area contributed by atoms with Crippen molar-refractivity contribution in [2.24, 2.45) is 5.16 Å². The van der Waals surface area contributed by atoms with Gasteiger partial charge in [0.1, 0.15) is 12.8 Å². The second-order valence-corrected chi connectivity index (χ2v) is 6.50. The summed E-state index contributed by atoms with van der Waals surface area (Å²) < 4.78 is 1.75. The van der Waals surface area contributed by atoms with E-state index < -0.39 is 0 Å². The Bertz CT molecular complexity index is 1020. The number of nitrogens with zero attached hydrogens (tertiary/aromatic N) is 5. The average molecular weight is 382 g/mol. The van der Waals surface area contributed by atoms with Crippen LogP contribution in [0.4, 0.5) is 5.69 Å². The minimum Gasteiger partial charge on any atom is -0.398 e. The largest absolute Gasteiger partial charge is 0.398 e. The summed E-state index contributed by atoms with van der Waals surface area (Å²) in [5, 5.41) is 12.7. The van der Waals surface area contributed by atoms with Crippen molar-refractivity contribution in [1.29, 1.82) is 0 Å². The highest BCUT2D eigenvalue weighted by molar-refractivity contribution is 6.54. The molecule has 1 amide bonds. The van der Waals surface area contributed by atoms with Crippen molar-refractivity contribution in [1.82, 2.24) is 15.0 Å². The molecule has 0 fully saturated rings. The Morgan fingerprint density at radius 2 is 1.96 bits per heavy atom. The monoisotopic (exact) mass is 381 g/mol. The normalized spacial score (nSPS) is 14.7. The number of rotatable bonds is 5. The van der Waals surface area contributed by atoms with Gasteiger partial charge in [0.05, 0.1) is 25.0 Å². The van der Waals surface area contributed by atoms with Gasteiger partial charge in [-0.1, -0.05) is 52.3 Å². The van der Waals surface area contributed by atoms with Crippen molar-refractivity contribution in [3.8, 4) is 0 Å². The Morgan fingerprint density at radius 3 is 2.74 bits per heavy atom. The Kier molecular flexibility index (Phi) is 4.60. The lowest BCUT2D eigenvalue weighted by Gasteiger charge is -2.14. The number of oxime groups is 1. The Morgan fingerprint density at radius 1 is 1.15 bits per heavy atom. The first kappa shape index (κ1) is 17.2. The topological polar surface area (TPSA) is 72.6 Å². The fourth-order valence-electron chi connectivity index (χ4n) is 3.04. The van der Waals surface area contributed by atoms with Gasteiger partial charge in [-0.05, 0) is 23.8 Å². The van der Waals surface area contributed by atoms with Crippen LogP contribution in [0, 0.1) is 0 Å². The van der Waals surface area contributed by atoms with Gasteiger partial charge in [0, 0.05) is 10.6 Å². The number of benzene rings is 2. The lowest BCUT2D eigenvalue weighted by atomic mass is 10.1. The van der Waals surface area contributed by atoms with Gasteiger partial charge in [-0.25, -0.2) is 4.68 Å². The third-order valence-corrected chi connectivity index (χ3v) is 4.46. The van der Waals surface area contributed by atoms with Crippen molar-refractivity contribution in [3.05, 3.63) is 76.6 Å². The van der Waals surface area contributed by atoms with Gasteiger partial charge in [0.25, 0.3) is 5.91 Å². The highest BCUT2D eigenvalue weighted by atomic mass is 35.5. The molecule has 3 aromatic rings. The molecule has 2 heterocycles. The van der Waals surface area contributed by atoms with E-state index in [0.29, 0.717) is 22.8 Å². The summed E-state index contributed by atoms with van der Waals surface area (Å²) in [5.41, 5.74) is 3.40. The molecule has 0 N–H and O–H groups in total. The van der Waals surface area contributed by atoms with E-state index in [1.54, 1.807) is 27.8 Å². The molecule has 7 nitrogen and oxygen atoms in total. The highest BCUT2D eigenvalue weighted by Crippen LogP contribution is 2.32. The fourth-order valence-corrected chi connectivity index (χ4v) is 3.22. The molecule has 136 valence electrons. The van der Waals surface area contributed by atoms with Gasteiger partial charge in [-0.3, -0.25) is 4.79 Å². The van der Waals surface area contributed by atoms with Crippen LogP contribution >= 0.6 is 11.6 Å². The minimum absolute atomic E-state index is 0.228. The van der Waals surface area contributed by atoms with E-state index in [1.165, 1.54) is 7.11 Å². The third kappa shape index (κ3) is 3.41. The quantitative estimate of drug-likeness (QED) is 0.637. The fraction of sp³-hybridized carbons (Fsp3) is 0.158. The Balaban J connectivity index is 1.58. The van der Waals surface area contributed by atoms with E-state index in [9.17, 15) is 4.79 Å². The molecule has 0 saturated heterocycles. The van der Waals surface area contributed by atoms with Crippen LogP contribution in [0.5, 0.6) is 0 Å². The molecule has 2 aromatic carbocycles. The summed E-state index contributed by atoms with van der Waals surface area (Å²) in [4.78, 5) is 19.2. The second-order valence-electron chi connectivity index (χ2n) is 6.07. The molecule has 8 heteroatoms. The van der Waals surface area contributed by atoms with Crippen molar-refractivity contribution >= 4 is 28.9 Å². The molecule has 27 heavy (non-hydrogen) atoms. The molecule has 1 aliphatic heterocycles. The van der Waals surface area contributed by atoms with Gasteiger partial charge in [-0.2, -0.15) is 0 Å². The maximum atomic E-state index is 12.8. The van der Waals surface area contributed by atoms with Crippen LogP contribution in [0.15, 0.2) is 59.9 Å². The van der Waals surface area contributed by atoms with E-state index in [-0.39, 0.29) is 18.2 Å². The van der Waals surface area contributed by atoms with Crippen LogP contribution in [-0.2, 0) is 22.7 Å². The Labute approximate surface area is 160 Å². The first-order chi connectivity index (χ1) is 13.2. The molecule has 0 spiro atoms. The van der Waals surface area contributed by atoms with E-state index in [4.69, 9.17) is 16.4 Å². The number of carbonyl (C=O) groups excluding carboxylic acids is 1. The van der Waals surface area contributed by atoms with Gasteiger partial charge >= 0.3 is 0 Å². The van der Waals surface area contributed by atoms with E-state index >= 15 is 0 Å². The molecule has 1 aromatic heterocycles. The lowest BCUT2D eigenvalue weighted by molar-refractivity contribution is -0.112. The summed E-state index contributed by atoms with van der Waals surface area (Å²) in [6, 6.07) is 15.2. The molecule has 1 aliphatic rings. The molecule has 4 rings (SSSR count). The zero-order valence-electron chi connectivity index (χ0n) is 14.5. The molecular weight excluding hydrogens is 366 g/mol. The van der Waals surface area contributed by atoms with Gasteiger partial charge in [-0.15, -0.1) is 5.10 Å². The van der Waals surface area contributed by atoms with E-state index in [2.05, 4.69) is 15.5 Å². The average Bonchev–Trinajstić information content (AvgIpc) is 3.21. The third-order valence-electron chi connectivity index (χ3n) is 4.23. The summed E-state index contributed by atoms with van der Waals surface area (Å²) in [5.74, 6) is -0.258. The SMILES string of the molecule is CON=C1C(=O)N(Cc2cn(Cc3ccccc3)nn2)c2ccc(Cl)cc21. The van der Waals surface area contributed by atoms with Gasteiger partial charge in [0.15, 0.2) is 5.71 Å². The number of hydrogen-bond donors (Lipinski definition) is 0. The number of hydrogen-bond acceptors (Lipinski definition) is 5. The molecule has 0 radical (unpaired) electrons. The summed E-state index contributed by atoms with van der Waals surface area (Å²) >= 11 is 6.07. The van der Waals surface area contributed by atoms with Gasteiger partial charge < -0.3 is 9.74 Å². The standard InChI is InChI=1S/C19H16ClN5O2/c1-27-22-18-16-9-14(20)7-8-17(16)25(19(18)26)12-15-11-24(23-21-15)10-13-5-3-2-4-6-13/h2-9,11H,10,12H2,1H3.